The second-order valence-electron chi connectivity index (χ2n) is 1.31. The molecule has 0 spiro atoms. The molecule has 0 aliphatic carbocycles. The molecule has 1 unspecified atom stereocenters. The smallest absolute Gasteiger partial charge is 0.212 e. The van der Waals surface area contributed by atoms with Crippen molar-refractivity contribution in [1.29, 1.82) is 0 Å². The summed E-state index contributed by atoms with van der Waals surface area (Å²) in [4.78, 5) is 0. The van der Waals surface area contributed by atoms with E-state index in [1.165, 1.54) is 7.05 Å². The van der Waals surface area contributed by atoms with Crippen molar-refractivity contribution in [3.8, 4) is 0 Å². The van der Waals surface area contributed by atoms with E-state index in [4.69, 9.17) is 5.73 Å². The largest absolute Gasteiger partial charge is 0.329 e. The first-order valence-electron chi connectivity index (χ1n) is 2.23. The zero-order chi connectivity index (χ0) is 6.62. The first-order chi connectivity index (χ1) is 3.62. The number of sulfonamides is 1. The van der Waals surface area contributed by atoms with Crippen molar-refractivity contribution in [1.82, 2.24) is 4.72 Å². The normalized spacial score (nSPS) is 10.4. The number of nitrogens with two attached hydrogens (primary N) is 1. The van der Waals surface area contributed by atoms with Gasteiger partial charge in [0.1, 0.15) is 0 Å². The van der Waals surface area contributed by atoms with Crippen molar-refractivity contribution >= 4 is 19.9 Å². The molecule has 0 aromatic heterocycles. The van der Waals surface area contributed by atoms with Crippen LogP contribution in [-0.2, 0) is 10.0 Å². The summed E-state index contributed by atoms with van der Waals surface area (Å²) in [6.45, 7) is 0.170. The van der Waals surface area contributed by atoms with Crippen LogP contribution in [0.15, 0.2) is 0 Å². The minimum absolute atomic E-state index is 0. The summed E-state index contributed by atoms with van der Waals surface area (Å²) < 4.78 is 23.0. The lowest BCUT2D eigenvalue weighted by molar-refractivity contribution is 0.588. The van der Waals surface area contributed by atoms with Gasteiger partial charge in [-0.05, 0) is 7.05 Å². The molecule has 6 heteroatoms. The average Bonchev–Trinajstić information content (AvgIpc) is 1.67. The van der Waals surface area contributed by atoms with Gasteiger partial charge in [0.05, 0.1) is 5.75 Å². The van der Waals surface area contributed by atoms with Gasteiger partial charge in [-0.25, -0.2) is 13.1 Å². The van der Waals surface area contributed by atoms with Crippen LogP contribution in [0, 0.1) is 0 Å². The van der Waals surface area contributed by atoms with Crippen LogP contribution < -0.4 is 10.5 Å². The Bertz CT molecular complexity index is 144. The molecular weight excluding hydrogens is 159 g/mol. The lowest BCUT2D eigenvalue weighted by Crippen LogP contribution is -2.26. The third kappa shape index (κ3) is 6.18. The summed E-state index contributed by atoms with van der Waals surface area (Å²) >= 11 is 0. The highest BCUT2D eigenvalue weighted by Gasteiger charge is 2.01. The Morgan fingerprint density at radius 3 is 2.11 bits per heavy atom. The molecule has 1 atom stereocenters. The summed E-state index contributed by atoms with van der Waals surface area (Å²) in [7, 11) is -1.68. The number of hydrogen-bond donors (Lipinski definition) is 2. The lowest BCUT2D eigenvalue weighted by Gasteiger charge is -1.95. The molecule has 0 aliphatic heterocycles. The SMILES string of the molecule is CNS(=O)(=O)CCN.P. The molecule has 0 radical (unpaired) electrons. The highest BCUT2D eigenvalue weighted by molar-refractivity contribution is 7.89. The first kappa shape index (κ1) is 12.0. The summed E-state index contributed by atoms with van der Waals surface area (Å²) in [6, 6.07) is 0. The Morgan fingerprint density at radius 2 is 2.00 bits per heavy atom. The molecule has 0 aliphatic rings. The van der Waals surface area contributed by atoms with Crippen LogP contribution >= 0.6 is 9.90 Å². The molecule has 0 fully saturated rings. The van der Waals surface area contributed by atoms with E-state index in [0.717, 1.165) is 0 Å². The van der Waals surface area contributed by atoms with Crippen LogP contribution in [-0.4, -0.2) is 27.8 Å². The number of rotatable bonds is 3. The van der Waals surface area contributed by atoms with Crippen molar-refractivity contribution in [2.24, 2.45) is 5.73 Å². The quantitative estimate of drug-likeness (QED) is 0.512. The molecule has 3 N–H and O–H groups in total. The summed E-state index contributed by atoms with van der Waals surface area (Å²) in [5.74, 6) is 0.00347. The number of nitrogens with one attached hydrogen (secondary N) is 1. The van der Waals surface area contributed by atoms with Gasteiger partial charge in [0.25, 0.3) is 0 Å². The van der Waals surface area contributed by atoms with E-state index < -0.39 is 10.0 Å². The Labute approximate surface area is 58.9 Å². The van der Waals surface area contributed by atoms with Crippen LogP contribution in [0.4, 0.5) is 0 Å². The topological polar surface area (TPSA) is 72.2 Å². The van der Waals surface area contributed by atoms with Gasteiger partial charge in [-0.2, -0.15) is 9.90 Å². The molecule has 0 heterocycles. The highest BCUT2D eigenvalue weighted by Crippen LogP contribution is 1.75. The van der Waals surface area contributed by atoms with Gasteiger partial charge in [-0.1, -0.05) is 0 Å². The van der Waals surface area contributed by atoms with E-state index in [1.54, 1.807) is 0 Å². The fourth-order valence-corrected chi connectivity index (χ4v) is 0.772. The molecule has 4 nitrogen and oxygen atoms in total. The van der Waals surface area contributed by atoms with Gasteiger partial charge < -0.3 is 5.73 Å². The second-order valence-corrected chi connectivity index (χ2v) is 3.36. The minimum Gasteiger partial charge on any atom is -0.329 e. The summed E-state index contributed by atoms with van der Waals surface area (Å²) in [6.07, 6.45) is 0. The van der Waals surface area contributed by atoms with Gasteiger partial charge in [0.15, 0.2) is 0 Å². The van der Waals surface area contributed by atoms with E-state index in [1.807, 2.05) is 0 Å². The second kappa shape index (κ2) is 5.11. The minimum atomic E-state index is -3.04. The fourth-order valence-electron chi connectivity index (χ4n) is 0.257. The van der Waals surface area contributed by atoms with Gasteiger partial charge in [0.2, 0.25) is 10.0 Å². The van der Waals surface area contributed by atoms with Crippen molar-refractivity contribution in [2.45, 2.75) is 0 Å². The van der Waals surface area contributed by atoms with E-state index in [2.05, 4.69) is 4.72 Å². The first-order valence-corrected chi connectivity index (χ1v) is 3.89. The molecular formula is C3H13N2O2PS. The fraction of sp³-hybridized carbons (Fsp3) is 1.00. The summed E-state index contributed by atoms with van der Waals surface area (Å²) in [5, 5.41) is 0. The molecule has 0 bridgehead atoms. The third-order valence-electron chi connectivity index (χ3n) is 0.698. The van der Waals surface area contributed by atoms with Gasteiger partial charge >= 0.3 is 0 Å². The number of hydrogen-bond acceptors (Lipinski definition) is 3. The van der Waals surface area contributed by atoms with Crippen molar-refractivity contribution < 1.29 is 8.42 Å². The maximum absolute atomic E-state index is 10.4. The highest BCUT2D eigenvalue weighted by atomic mass is 32.2. The summed E-state index contributed by atoms with van der Waals surface area (Å²) in [5.41, 5.74) is 4.97. The standard InChI is InChI=1S/C3H10N2O2S.H3P/c1-5-8(6,7)3-2-4;/h5H,2-4H2,1H3;1H3. The van der Waals surface area contributed by atoms with E-state index in [9.17, 15) is 8.42 Å². The molecule has 0 aromatic rings. The zero-order valence-electron chi connectivity index (χ0n) is 5.42. The zero-order valence-corrected chi connectivity index (χ0v) is 7.65. The van der Waals surface area contributed by atoms with Gasteiger partial charge in [-0.15, -0.1) is 0 Å². The Hall–Kier alpha value is 0.300. The van der Waals surface area contributed by atoms with Crippen molar-refractivity contribution in [3.63, 3.8) is 0 Å². The van der Waals surface area contributed by atoms with E-state index in [0.29, 0.717) is 0 Å². The van der Waals surface area contributed by atoms with Crippen LogP contribution in [0.3, 0.4) is 0 Å². The maximum atomic E-state index is 10.4. The molecule has 9 heavy (non-hydrogen) atoms. The molecule has 0 amide bonds. The Balaban J connectivity index is 0. The van der Waals surface area contributed by atoms with E-state index >= 15 is 0 Å². The molecule has 58 valence electrons. The maximum Gasteiger partial charge on any atom is 0.212 e. The third-order valence-corrected chi connectivity index (χ3v) is 2.09. The van der Waals surface area contributed by atoms with Crippen LogP contribution in [0.1, 0.15) is 0 Å². The van der Waals surface area contributed by atoms with Crippen LogP contribution in [0.2, 0.25) is 0 Å². The Kier molecular flexibility index (Phi) is 6.83. The van der Waals surface area contributed by atoms with Gasteiger partial charge in [-0.3, -0.25) is 0 Å². The molecule has 0 aromatic carbocycles. The van der Waals surface area contributed by atoms with Gasteiger partial charge in [0, 0.05) is 6.54 Å². The molecule has 0 saturated carbocycles. The molecule has 0 rings (SSSR count). The van der Waals surface area contributed by atoms with Crippen LogP contribution in [0.25, 0.3) is 0 Å². The molecule has 0 saturated heterocycles. The van der Waals surface area contributed by atoms with Crippen molar-refractivity contribution in [2.75, 3.05) is 19.3 Å². The monoisotopic (exact) mass is 172 g/mol. The Morgan fingerprint density at radius 1 is 1.56 bits per heavy atom. The van der Waals surface area contributed by atoms with E-state index in [-0.39, 0.29) is 22.2 Å². The predicted molar refractivity (Wildman–Crippen MR) is 43.0 cm³/mol. The predicted octanol–water partition coefficient (Wildman–Crippen LogP) is -1.45. The lowest BCUT2D eigenvalue weighted by atomic mass is 10.8. The van der Waals surface area contributed by atoms with Crippen LogP contribution in [0.5, 0.6) is 0 Å². The average molecular weight is 172 g/mol. The van der Waals surface area contributed by atoms with Crippen molar-refractivity contribution in [3.05, 3.63) is 0 Å².